The zero-order chi connectivity index (χ0) is 21.0. The van der Waals surface area contributed by atoms with Gasteiger partial charge in [0.1, 0.15) is 5.82 Å². The predicted molar refractivity (Wildman–Crippen MR) is 111 cm³/mol. The fourth-order valence-corrected chi connectivity index (χ4v) is 3.37. The molecule has 6 heteroatoms. The minimum absolute atomic E-state index is 0.144. The van der Waals surface area contributed by atoms with Crippen LogP contribution in [0.1, 0.15) is 49.8 Å². The first-order valence-electron chi connectivity index (χ1n) is 10.1. The number of hydrogen-bond donors (Lipinski definition) is 0. The van der Waals surface area contributed by atoms with Gasteiger partial charge in [0.05, 0.1) is 17.6 Å². The Morgan fingerprint density at radius 3 is 2.59 bits per heavy atom. The molecule has 0 bridgehead atoms. The zero-order valence-corrected chi connectivity index (χ0v) is 17.2. The molecule has 1 amide bonds. The van der Waals surface area contributed by atoms with Crippen molar-refractivity contribution in [2.24, 2.45) is 5.92 Å². The van der Waals surface area contributed by atoms with Crippen LogP contribution in [0.2, 0.25) is 0 Å². The van der Waals surface area contributed by atoms with E-state index in [9.17, 15) is 13.6 Å². The summed E-state index contributed by atoms with van der Waals surface area (Å²) >= 11 is 0. The largest absolute Gasteiger partial charge is 0.331 e. The van der Waals surface area contributed by atoms with Crippen molar-refractivity contribution in [3.63, 3.8) is 0 Å². The van der Waals surface area contributed by atoms with Crippen LogP contribution in [0.4, 0.5) is 8.78 Å². The van der Waals surface area contributed by atoms with Crippen LogP contribution in [0.3, 0.4) is 0 Å². The van der Waals surface area contributed by atoms with Crippen molar-refractivity contribution in [1.29, 1.82) is 0 Å². The molecular formula is C23H27F2N3O. The lowest BCUT2D eigenvalue weighted by Gasteiger charge is -2.24. The number of hydrogen-bond acceptors (Lipinski definition) is 2. The molecule has 0 aliphatic heterocycles. The van der Waals surface area contributed by atoms with Crippen LogP contribution >= 0.6 is 0 Å². The van der Waals surface area contributed by atoms with Gasteiger partial charge in [0.25, 0.3) is 5.91 Å². The van der Waals surface area contributed by atoms with Crippen molar-refractivity contribution in [3.05, 3.63) is 65.5 Å². The predicted octanol–water partition coefficient (Wildman–Crippen LogP) is 5.41. The van der Waals surface area contributed by atoms with Crippen molar-refractivity contribution in [3.8, 4) is 0 Å². The summed E-state index contributed by atoms with van der Waals surface area (Å²) in [6, 6.07) is 11.2. The molecule has 4 nitrogen and oxygen atoms in total. The number of imidazole rings is 1. The lowest BCUT2D eigenvalue weighted by atomic mass is 10.1. The molecule has 1 heterocycles. The molecule has 0 radical (unpaired) electrons. The van der Waals surface area contributed by atoms with Crippen LogP contribution in [0.15, 0.2) is 42.5 Å². The molecule has 0 saturated heterocycles. The van der Waals surface area contributed by atoms with Crippen LogP contribution in [-0.2, 0) is 13.1 Å². The number of carbonyl (C=O) groups is 1. The van der Waals surface area contributed by atoms with Crippen LogP contribution < -0.4 is 0 Å². The molecule has 0 unspecified atom stereocenters. The van der Waals surface area contributed by atoms with E-state index < -0.39 is 11.6 Å². The van der Waals surface area contributed by atoms with Gasteiger partial charge in [0.15, 0.2) is 11.6 Å². The summed E-state index contributed by atoms with van der Waals surface area (Å²) in [5.41, 5.74) is 2.07. The molecule has 0 fully saturated rings. The highest BCUT2D eigenvalue weighted by atomic mass is 19.2. The lowest BCUT2D eigenvalue weighted by Crippen LogP contribution is -2.33. The Morgan fingerprint density at radius 1 is 1.14 bits per heavy atom. The van der Waals surface area contributed by atoms with E-state index in [4.69, 9.17) is 4.98 Å². The van der Waals surface area contributed by atoms with Gasteiger partial charge in [0.2, 0.25) is 0 Å². The summed E-state index contributed by atoms with van der Waals surface area (Å²) in [4.78, 5) is 19.5. The Labute approximate surface area is 170 Å². The summed E-state index contributed by atoms with van der Waals surface area (Å²) in [6.07, 6.45) is 1.75. The smallest absolute Gasteiger partial charge is 0.254 e. The number of amides is 1. The number of carbonyl (C=O) groups excluding carboxylic acids is 1. The Balaban J connectivity index is 1.95. The number of rotatable bonds is 8. The quantitative estimate of drug-likeness (QED) is 0.508. The summed E-state index contributed by atoms with van der Waals surface area (Å²) in [5, 5.41) is 0. The lowest BCUT2D eigenvalue weighted by molar-refractivity contribution is 0.0728. The van der Waals surface area contributed by atoms with Gasteiger partial charge in [-0.15, -0.1) is 0 Å². The van der Waals surface area contributed by atoms with Crippen LogP contribution in [0, 0.1) is 17.6 Å². The van der Waals surface area contributed by atoms with Gasteiger partial charge in [-0.3, -0.25) is 4.79 Å². The van der Waals surface area contributed by atoms with Crippen molar-refractivity contribution < 1.29 is 13.6 Å². The second-order valence-corrected chi connectivity index (χ2v) is 7.71. The van der Waals surface area contributed by atoms with E-state index in [0.717, 1.165) is 48.4 Å². The molecule has 154 valence electrons. The molecule has 2 aromatic carbocycles. The maximum absolute atomic E-state index is 13.7. The topological polar surface area (TPSA) is 38.1 Å². The van der Waals surface area contributed by atoms with Gasteiger partial charge >= 0.3 is 0 Å². The third kappa shape index (κ3) is 4.81. The number of para-hydroxylation sites is 2. The Kier molecular flexibility index (Phi) is 6.62. The van der Waals surface area contributed by atoms with Gasteiger partial charge in [0, 0.05) is 18.7 Å². The van der Waals surface area contributed by atoms with E-state index in [0.29, 0.717) is 19.0 Å². The van der Waals surface area contributed by atoms with E-state index in [1.807, 2.05) is 24.3 Å². The molecule has 3 rings (SSSR count). The Morgan fingerprint density at radius 2 is 1.90 bits per heavy atom. The molecule has 0 N–H and O–H groups in total. The third-order valence-corrected chi connectivity index (χ3v) is 4.94. The van der Waals surface area contributed by atoms with E-state index in [1.54, 1.807) is 4.90 Å². The highest BCUT2D eigenvalue weighted by Gasteiger charge is 2.21. The first-order chi connectivity index (χ1) is 13.9. The summed E-state index contributed by atoms with van der Waals surface area (Å²) in [5.74, 6) is -1.09. The molecule has 0 atom stereocenters. The van der Waals surface area contributed by atoms with Crippen molar-refractivity contribution >= 4 is 16.9 Å². The minimum atomic E-state index is -1.02. The maximum Gasteiger partial charge on any atom is 0.254 e. The van der Waals surface area contributed by atoms with Gasteiger partial charge in [-0.25, -0.2) is 13.8 Å². The van der Waals surface area contributed by atoms with Crippen molar-refractivity contribution in [2.75, 3.05) is 6.54 Å². The fraction of sp³-hybridized carbons (Fsp3) is 0.391. The molecule has 0 saturated carbocycles. The summed E-state index contributed by atoms with van der Waals surface area (Å²) in [6.45, 7) is 7.91. The number of benzene rings is 2. The molecule has 0 aliphatic carbocycles. The van der Waals surface area contributed by atoms with Crippen LogP contribution in [0.25, 0.3) is 11.0 Å². The van der Waals surface area contributed by atoms with E-state index >= 15 is 0 Å². The Hall–Kier alpha value is -2.76. The van der Waals surface area contributed by atoms with E-state index in [1.165, 1.54) is 6.07 Å². The van der Waals surface area contributed by atoms with Gasteiger partial charge in [-0.1, -0.05) is 32.9 Å². The molecule has 29 heavy (non-hydrogen) atoms. The van der Waals surface area contributed by atoms with Crippen molar-refractivity contribution in [2.45, 2.75) is 46.7 Å². The SMILES string of the molecule is CCCn1c(CN(CCC(C)C)C(=O)c2ccc(F)c(F)c2)nc2ccccc21. The number of fused-ring (bicyclic) bond motifs is 1. The summed E-state index contributed by atoms with van der Waals surface area (Å²) in [7, 11) is 0. The number of aryl methyl sites for hydroxylation is 1. The zero-order valence-electron chi connectivity index (χ0n) is 17.2. The third-order valence-electron chi connectivity index (χ3n) is 4.94. The second kappa shape index (κ2) is 9.16. The van der Waals surface area contributed by atoms with Gasteiger partial charge in [-0.2, -0.15) is 0 Å². The molecule has 1 aromatic heterocycles. The van der Waals surface area contributed by atoms with E-state index in [2.05, 4.69) is 25.3 Å². The molecule has 0 aliphatic rings. The molecular weight excluding hydrogens is 372 g/mol. The number of halogens is 2. The first-order valence-corrected chi connectivity index (χ1v) is 10.1. The fourth-order valence-electron chi connectivity index (χ4n) is 3.37. The average Bonchev–Trinajstić information content (AvgIpc) is 3.04. The Bertz CT molecular complexity index is 997. The van der Waals surface area contributed by atoms with E-state index in [-0.39, 0.29) is 11.5 Å². The standard InChI is InChI=1S/C23H27F2N3O/c1-4-12-28-21-8-6-5-7-20(21)26-22(28)15-27(13-11-16(2)3)23(29)17-9-10-18(24)19(25)14-17/h5-10,14,16H,4,11-13,15H2,1-3H3. The average molecular weight is 399 g/mol. The minimum Gasteiger partial charge on any atom is -0.331 e. The summed E-state index contributed by atoms with van der Waals surface area (Å²) < 4.78 is 29.1. The van der Waals surface area contributed by atoms with Crippen molar-refractivity contribution in [1.82, 2.24) is 14.5 Å². The van der Waals surface area contributed by atoms with Gasteiger partial charge in [-0.05, 0) is 49.1 Å². The number of aromatic nitrogens is 2. The molecule has 3 aromatic rings. The van der Waals surface area contributed by atoms with Crippen LogP contribution in [0.5, 0.6) is 0 Å². The second-order valence-electron chi connectivity index (χ2n) is 7.71. The highest BCUT2D eigenvalue weighted by Crippen LogP contribution is 2.20. The maximum atomic E-state index is 13.7. The normalized spacial score (nSPS) is 11.4. The number of nitrogens with zero attached hydrogens (tertiary/aromatic N) is 3. The van der Waals surface area contributed by atoms with Gasteiger partial charge < -0.3 is 9.47 Å². The molecule has 0 spiro atoms. The first kappa shape index (κ1) is 21.0. The highest BCUT2D eigenvalue weighted by molar-refractivity contribution is 5.94. The monoisotopic (exact) mass is 399 g/mol. The van der Waals surface area contributed by atoms with Crippen LogP contribution in [-0.4, -0.2) is 26.9 Å².